The third-order valence-electron chi connectivity index (χ3n) is 1.93. The molecule has 0 saturated carbocycles. The van der Waals surface area contributed by atoms with Crippen molar-refractivity contribution in [2.75, 3.05) is 0 Å². The van der Waals surface area contributed by atoms with Gasteiger partial charge in [0.1, 0.15) is 0 Å². The van der Waals surface area contributed by atoms with Crippen LogP contribution in [-0.2, 0) is 6.42 Å². The molecule has 0 spiro atoms. The molecule has 1 aliphatic carbocycles. The molecule has 0 aliphatic heterocycles. The Kier molecular flexibility index (Phi) is 2.01. The van der Waals surface area contributed by atoms with Crippen LogP contribution in [0.25, 0.3) is 0 Å². The molecule has 0 fully saturated rings. The molecular formula is C8H7IOS. The number of hydrogen-bond acceptors (Lipinski definition) is 2. The number of hydrogen-bond donors (Lipinski definition) is 0. The summed E-state index contributed by atoms with van der Waals surface area (Å²) < 4.78 is 1.27. The summed E-state index contributed by atoms with van der Waals surface area (Å²) in [5, 5.41) is 2.08. The second-order valence-corrected chi connectivity index (χ2v) is 4.71. The van der Waals surface area contributed by atoms with Gasteiger partial charge in [0.2, 0.25) is 0 Å². The minimum absolute atomic E-state index is 0.346. The molecule has 1 aromatic heterocycles. The first-order valence-electron chi connectivity index (χ1n) is 3.58. The maximum Gasteiger partial charge on any atom is 0.173 e. The van der Waals surface area contributed by atoms with Gasteiger partial charge in [0.15, 0.2) is 5.78 Å². The first kappa shape index (κ1) is 7.73. The molecule has 1 heterocycles. The van der Waals surface area contributed by atoms with E-state index in [1.54, 1.807) is 11.3 Å². The van der Waals surface area contributed by atoms with E-state index in [1.165, 1.54) is 9.13 Å². The summed E-state index contributed by atoms with van der Waals surface area (Å²) in [6.07, 6.45) is 2.89. The van der Waals surface area contributed by atoms with Gasteiger partial charge in [-0.3, -0.25) is 4.79 Å². The standard InChI is InChI=1S/C8H7IOS/c9-6-4-11-8-5(6)2-1-3-7(8)10/h4H,1-3H2. The number of ketones is 1. The Balaban J connectivity index is 2.55. The van der Waals surface area contributed by atoms with E-state index in [2.05, 4.69) is 28.0 Å². The van der Waals surface area contributed by atoms with Crippen molar-refractivity contribution in [3.63, 3.8) is 0 Å². The lowest BCUT2D eigenvalue weighted by molar-refractivity contribution is 0.0977. The van der Waals surface area contributed by atoms with Gasteiger partial charge < -0.3 is 0 Å². The van der Waals surface area contributed by atoms with Crippen molar-refractivity contribution in [2.24, 2.45) is 0 Å². The molecule has 0 radical (unpaired) electrons. The highest BCUT2D eigenvalue weighted by Gasteiger charge is 2.20. The number of fused-ring (bicyclic) bond motifs is 1. The number of carbonyl (C=O) groups is 1. The van der Waals surface area contributed by atoms with Crippen LogP contribution in [-0.4, -0.2) is 5.78 Å². The lowest BCUT2D eigenvalue weighted by Crippen LogP contribution is -2.07. The summed E-state index contributed by atoms with van der Waals surface area (Å²) in [6, 6.07) is 0. The molecule has 0 atom stereocenters. The smallest absolute Gasteiger partial charge is 0.173 e. The zero-order valence-electron chi connectivity index (χ0n) is 5.89. The number of halogens is 1. The van der Waals surface area contributed by atoms with E-state index in [1.807, 2.05) is 0 Å². The normalized spacial score (nSPS) is 16.6. The van der Waals surface area contributed by atoms with Gasteiger partial charge in [0.05, 0.1) is 4.88 Å². The monoisotopic (exact) mass is 278 g/mol. The van der Waals surface area contributed by atoms with Crippen molar-refractivity contribution in [1.29, 1.82) is 0 Å². The van der Waals surface area contributed by atoms with Crippen LogP contribution < -0.4 is 0 Å². The fraction of sp³-hybridized carbons (Fsp3) is 0.375. The Bertz CT molecular complexity index is 303. The molecule has 11 heavy (non-hydrogen) atoms. The van der Waals surface area contributed by atoms with Crippen molar-refractivity contribution < 1.29 is 4.79 Å². The molecule has 0 amide bonds. The fourth-order valence-corrected chi connectivity index (χ4v) is 3.42. The van der Waals surface area contributed by atoms with E-state index < -0.39 is 0 Å². The average Bonchev–Trinajstić information content (AvgIpc) is 2.35. The third kappa shape index (κ3) is 1.24. The number of thiophene rings is 1. The second-order valence-electron chi connectivity index (χ2n) is 2.67. The van der Waals surface area contributed by atoms with Gasteiger partial charge in [-0.15, -0.1) is 11.3 Å². The van der Waals surface area contributed by atoms with Gasteiger partial charge in [0.25, 0.3) is 0 Å². The molecule has 58 valence electrons. The molecule has 0 bridgehead atoms. The SMILES string of the molecule is O=C1CCCc2c(I)csc21. The van der Waals surface area contributed by atoms with Crippen LogP contribution >= 0.6 is 33.9 Å². The Morgan fingerprint density at radius 2 is 2.27 bits per heavy atom. The lowest BCUT2D eigenvalue weighted by Gasteiger charge is -2.09. The van der Waals surface area contributed by atoms with Crippen molar-refractivity contribution in [1.82, 2.24) is 0 Å². The zero-order valence-corrected chi connectivity index (χ0v) is 8.87. The van der Waals surface area contributed by atoms with Crippen molar-refractivity contribution in [2.45, 2.75) is 19.3 Å². The van der Waals surface area contributed by atoms with E-state index >= 15 is 0 Å². The number of rotatable bonds is 0. The highest BCUT2D eigenvalue weighted by Crippen LogP contribution is 2.30. The minimum Gasteiger partial charge on any atom is -0.293 e. The van der Waals surface area contributed by atoms with E-state index in [-0.39, 0.29) is 0 Å². The Labute approximate surface area is 82.9 Å². The van der Waals surface area contributed by atoms with Crippen LogP contribution in [0.15, 0.2) is 5.38 Å². The van der Waals surface area contributed by atoms with E-state index in [0.717, 1.165) is 24.1 Å². The molecule has 1 aromatic rings. The molecule has 0 unspecified atom stereocenters. The average molecular weight is 278 g/mol. The van der Waals surface area contributed by atoms with Crippen molar-refractivity contribution in [3.05, 3.63) is 19.4 Å². The molecule has 0 aromatic carbocycles. The minimum atomic E-state index is 0.346. The van der Waals surface area contributed by atoms with Crippen LogP contribution in [0.2, 0.25) is 0 Å². The van der Waals surface area contributed by atoms with Crippen LogP contribution in [0, 0.1) is 3.57 Å². The largest absolute Gasteiger partial charge is 0.293 e. The number of carbonyl (C=O) groups excluding carboxylic acids is 1. The van der Waals surface area contributed by atoms with Crippen molar-refractivity contribution >= 4 is 39.7 Å². The highest BCUT2D eigenvalue weighted by molar-refractivity contribution is 14.1. The molecule has 0 N–H and O–H groups in total. The van der Waals surface area contributed by atoms with Crippen LogP contribution in [0.3, 0.4) is 0 Å². The van der Waals surface area contributed by atoms with Gasteiger partial charge in [0, 0.05) is 15.4 Å². The summed E-state index contributed by atoms with van der Waals surface area (Å²) in [6.45, 7) is 0. The summed E-state index contributed by atoms with van der Waals surface area (Å²) >= 11 is 3.91. The van der Waals surface area contributed by atoms with Gasteiger partial charge in [-0.2, -0.15) is 0 Å². The molecule has 1 nitrogen and oxygen atoms in total. The van der Waals surface area contributed by atoms with Gasteiger partial charge >= 0.3 is 0 Å². The third-order valence-corrected chi connectivity index (χ3v) is 4.37. The molecule has 3 heteroatoms. The molecule has 2 rings (SSSR count). The maximum absolute atomic E-state index is 11.3. The van der Waals surface area contributed by atoms with E-state index in [4.69, 9.17) is 0 Å². The summed E-state index contributed by atoms with van der Waals surface area (Å²) in [5.74, 6) is 0.346. The number of Topliss-reactive ketones (excluding diaryl/α,β-unsaturated/α-hetero) is 1. The van der Waals surface area contributed by atoms with Crippen LogP contribution in [0.1, 0.15) is 28.1 Å². The fourth-order valence-electron chi connectivity index (χ4n) is 1.37. The van der Waals surface area contributed by atoms with E-state index in [9.17, 15) is 4.79 Å². The summed E-state index contributed by atoms with van der Waals surface area (Å²) in [5.41, 5.74) is 1.30. The predicted molar refractivity (Wildman–Crippen MR) is 54.3 cm³/mol. The van der Waals surface area contributed by atoms with Gasteiger partial charge in [-0.05, 0) is 41.0 Å². The van der Waals surface area contributed by atoms with E-state index in [0.29, 0.717) is 5.78 Å². The Hall–Kier alpha value is 0.1000. The molecule has 1 aliphatic rings. The maximum atomic E-state index is 11.3. The lowest BCUT2D eigenvalue weighted by atomic mass is 9.99. The first-order valence-corrected chi connectivity index (χ1v) is 5.54. The van der Waals surface area contributed by atoms with Gasteiger partial charge in [-0.1, -0.05) is 0 Å². The topological polar surface area (TPSA) is 17.1 Å². The Morgan fingerprint density at radius 1 is 1.45 bits per heavy atom. The predicted octanol–water partition coefficient (Wildman–Crippen LogP) is 2.87. The quantitative estimate of drug-likeness (QED) is 0.667. The molecule has 0 saturated heterocycles. The van der Waals surface area contributed by atoms with Gasteiger partial charge in [-0.25, -0.2) is 0 Å². The zero-order chi connectivity index (χ0) is 7.84. The summed E-state index contributed by atoms with van der Waals surface area (Å²) in [4.78, 5) is 12.3. The highest BCUT2D eigenvalue weighted by atomic mass is 127. The molecular weight excluding hydrogens is 271 g/mol. The van der Waals surface area contributed by atoms with Crippen LogP contribution in [0.5, 0.6) is 0 Å². The van der Waals surface area contributed by atoms with Crippen molar-refractivity contribution in [3.8, 4) is 0 Å². The second kappa shape index (κ2) is 2.86. The van der Waals surface area contributed by atoms with Crippen LogP contribution in [0.4, 0.5) is 0 Å². The first-order chi connectivity index (χ1) is 5.29. The summed E-state index contributed by atoms with van der Waals surface area (Å²) in [7, 11) is 0. The Morgan fingerprint density at radius 3 is 3.00 bits per heavy atom.